The van der Waals surface area contributed by atoms with Crippen LogP contribution >= 0.6 is 0 Å². The molecule has 1 unspecified atom stereocenters. The van der Waals surface area contributed by atoms with Gasteiger partial charge in [0, 0.05) is 25.0 Å². The summed E-state index contributed by atoms with van der Waals surface area (Å²) in [5, 5.41) is 2.78. The normalized spacial score (nSPS) is 12.2. The van der Waals surface area contributed by atoms with Crippen LogP contribution in [0.5, 0.6) is 0 Å². The zero-order valence-corrected chi connectivity index (χ0v) is 8.45. The number of nitrogens with zero attached hydrogens (tertiary/aromatic N) is 1. The maximum absolute atomic E-state index is 11.6. The first kappa shape index (κ1) is 10.7. The van der Waals surface area contributed by atoms with E-state index in [1.54, 1.807) is 12.4 Å². The molecule has 0 aliphatic rings. The maximum atomic E-state index is 11.6. The molecule has 0 saturated carbocycles. The molecule has 3 N–H and O–H groups in total. The fourth-order valence-corrected chi connectivity index (χ4v) is 1.06. The Bertz CT molecular complexity index is 325. The molecule has 0 bridgehead atoms. The predicted molar refractivity (Wildman–Crippen MR) is 55.0 cm³/mol. The van der Waals surface area contributed by atoms with Crippen LogP contribution in [0.15, 0.2) is 18.5 Å². The molecule has 1 aromatic rings. The highest BCUT2D eigenvalue weighted by atomic mass is 16.1. The summed E-state index contributed by atoms with van der Waals surface area (Å²) in [6.07, 6.45) is 3.23. The molecular formula is C10H15N3O. The molecule has 0 saturated heterocycles. The van der Waals surface area contributed by atoms with Crippen LogP contribution in [0.4, 0.5) is 0 Å². The lowest BCUT2D eigenvalue weighted by atomic mass is 10.1. The van der Waals surface area contributed by atoms with Gasteiger partial charge in [-0.2, -0.15) is 0 Å². The number of aryl methyl sites for hydroxylation is 1. The maximum Gasteiger partial charge on any atom is 0.253 e. The quantitative estimate of drug-likeness (QED) is 0.733. The van der Waals surface area contributed by atoms with Crippen molar-refractivity contribution >= 4 is 5.91 Å². The topological polar surface area (TPSA) is 68.0 Å². The summed E-state index contributed by atoms with van der Waals surface area (Å²) in [6, 6.07) is 1.80. The first-order valence-electron chi connectivity index (χ1n) is 4.56. The SMILES string of the molecule is Cc1ccncc1C(=O)NC(C)CN. The Morgan fingerprint density at radius 2 is 2.43 bits per heavy atom. The zero-order chi connectivity index (χ0) is 10.6. The third kappa shape index (κ3) is 2.53. The van der Waals surface area contributed by atoms with E-state index >= 15 is 0 Å². The Kier molecular flexibility index (Phi) is 3.59. The monoisotopic (exact) mass is 193 g/mol. The van der Waals surface area contributed by atoms with Gasteiger partial charge in [0.15, 0.2) is 0 Å². The zero-order valence-electron chi connectivity index (χ0n) is 8.45. The second-order valence-corrected chi connectivity index (χ2v) is 3.30. The number of carbonyl (C=O) groups excluding carboxylic acids is 1. The van der Waals surface area contributed by atoms with Crippen LogP contribution in [0.1, 0.15) is 22.8 Å². The van der Waals surface area contributed by atoms with Crippen molar-refractivity contribution in [2.24, 2.45) is 5.73 Å². The average Bonchev–Trinajstić information content (AvgIpc) is 2.18. The minimum absolute atomic E-state index is 0.0119. The van der Waals surface area contributed by atoms with Crippen LogP contribution < -0.4 is 11.1 Å². The standard InChI is InChI=1S/C10H15N3O/c1-7-3-4-12-6-9(7)10(14)13-8(2)5-11/h3-4,6,8H,5,11H2,1-2H3,(H,13,14). The van der Waals surface area contributed by atoms with Crippen LogP contribution in [-0.4, -0.2) is 23.5 Å². The number of rotatable bonds is 3. The second-order valence-electron chi connectivity index (χ2n) is 3.30. The van der Waals surface area contributed by atoms with Gasteiger partial charge in [-0.15, -0.1) is 0 Å². The first-order valence-corrected chi connectivity index (χ1v) is 4.56. The minimum atomic E-state index is -0.117. The Morgan fingerprint density at radius 3 is 3.00 bits per heavy atom. The van der Waals surface area contributed by atoms with Crippen LogP contribution in [0, 0.1) is 6.92 Å². The molecule has 1 rings (SSSR count). The van der Waals surface area contributed by atoms with E-state index < -0.39 is 0 Å². The fourth-order valence-electron chi connectivity index (χ4n) is 1.06. The van der Waals surface area contributed by atoms with Crippen LogP contribution in [0.25, 0.3) is 0 Å². The highest BCUT2D eigenvalue weighted by Crippen LogP contribution is 2.04. The van der Waals surface area contributed by atoms with Gasteiger partial charge in [-0.1, -0.05) is 0 Å². The van der Waals surface area contributed by atoms with Crippen molar-refractivity contribution < 1.29 is 4.79 Å². The second kappa shape index (κ2) is 4.72. The Labute approximate surface area is 83.5 Å². The number of nitrogens with one attached hydrogen (secondary N) is 1. The van der Waals surface area contributed by atoms with Crippen molar-refractivity contribution in [1.82, 2.24) is 10.3 Å². The summed E-state index contributed by atoms with van der Waals surface area (Å²) in [5.41, 5.74) is 6.93. The molecule has 0 aliphatic heterocycles. The van der Waals surface area contributed by atoms with Gasteiger partial charge < -0.3 is 11.1 Å². The van der Waals surface area contributed by atoms with Crippen LogP contribution in [0.3, 0.4) is 0 Å². The molecule has 0 aliphatic carbocycles. The highest BCUT2D eigenvalue weighted by molar-refractivity contribution is 5.95. The van der Waals surface area contributed by atoms with E-state index in [4.69, 9.17) is 5.73 Å². The number of aromatic nitrogens is 1. The van der Waals surface area contributed by atoms with Gasteiger partial charge in [-0.25, -0.2) is 0 Å². The van der Waals surface area contributed by atoms with E-state index in [2.05, 4.69) is 10.3 Å². The predicted octanol–water partition coefficient (Wildman–Crippen LogP) is 0.467. The molecule has 0 aromatic carbocycles. The molecule has 1 atom stereocenters. The van der Waals surface area contributed by atoms with Gasteiger partial charge in [0.2, 0.25) is 0 Å². The van der Waals surface area contributed by atoms with Crippen molar-refractivity contribution in [3.8, 4) is 0 Å². The van der Waals surface area contributed by atoms with Crippen LogP contribution in [0.2, 0.25) is 0 Å². The van der Waals surface area contributed by atoms with Gasteiger partial charge in [-0.05, 0) is 25.5 Å². The Morgan fingerprint density at radius 1 is 1.71 bits per heavy atom. The lowest BCUT2D eigenvalue weighted by Gasteiger charge is -2.11. The number of hydrogen-bond acceptors (Lipinski definition) is 3. The van der Waals surface area contributed by atoms with E-state index in [-0.39, 0.29) is 11.9 Å². The number of pyridine rings is 1. The lowest BCUT2D eigenvalue weighted by Crippen LogP contribution is -2.38. The van der Waals surface area contributed by atoms with Crippen LogP contribution in [-0.2, 0) is 0 Å². The first-order chi connectivity index (χ1) is 6.65. The summed E-state index contributed by atoms with van der Waals surface area (Å²) in [7, 11) is 0. The van der Waals surface area contributed by atoms with Crippen molar-refractivity contribution in [3.05, 3.63) is 29.6 Å². The number of carbonyl (C=O) groups is 1. The minimum Gasteiger partial charge on any atom is -0.348 e. The summed E-state index contributed by atoms with van der Waals surface area (Å²) in [4.78, 5) is 15.5. The molecule has 1 amide bonds. The van der Waals surface area contributed by atoms with Gasteiger partial charge in [0.25, 0.3) is 5.91 Å². The Balaban J connectivity index is 2.75. The molecule has 1 aromatic heterocycles. The molecule has 0 radical (unpaired) electrons. The van der Waals surface area contributed by atoms with Gasteiger partial charge in [0.05, 0.1) is 5.56 Å². The van der Waals surface area contributed by atoms with Gasteiger partial charge in [-0.3, -0.25) is 9.78 Å². The fraction of sp³-hybridized carbons (Fsp3) is 0.400. The summed E-state index contributed by atoms with van der Waals surface area (Å²) in [6.45, 7) is 4.18. The molecule has 1 heterocycles. The highest BCUT2D eigenvalue weighted by Gasteiger charge is 2.10. The number of hydrogen-bond donors (Lipinski definition) is 2. The van der Waals surface area contributed by atoms with E-state index in [9.17, 15) is 4.79 Å². The number of nitrogens with two attached hydrogens (primary N) is 1. The average molecular weight is 193 g/mol. The molecule has 0 spiro atoms. The van der Waals surface area contributed by atoms with Gasteiger partial charge >= 0.3 is 0 Å². The van der Waals surface area contributed by atoms with Crippen molar-refractivity contribution in [2.75, 3.05) is 6.54 Å². The van der Waals surface area contributed by atoms with Crippen molar-refractivity contribution in [1.29, 1.82) is 0 Å². The Hall–Kier alpha value is -1.42. The number of amides is 1. The summed E-state index contributed by atoms with van der Waals surface area (Å²) >= 11 is 0. The van der Waals surface area contributed by atoms with Gasteiger partial charge in [0.1, 0.15) is 0 Å². The van der Waals surface area contributed by atoms with Crippen molar-refractivity contribution in [2.45, 2.75) is 19.9 Å². The van der Waals surface area contributed by atoms with E-state index in [1.165, 1.54) is 0 Å². The lowest BCUT2D eigenvalue weighted by molar-refractivity contribution is 0.0940. The molecular weight excluding hydrogens is 178 g/mol. The van der Waals surface area contributed by atoms with E-state index in [1.807, 2.05) is 19.9 Å². The molecule has 4 heteroatoms. The third-order valence-corrected chi connectivity index (χ3v) is 2.01. The molecule has 76 valence electrons. The van der Waals surface area contributed by atoms with E-state index in [0.717, 1.165) is 5.56 Å². The molecule has 14 heavy (non-hydrogen) atoms. The molecule has 4 nitrogen and oxygen atoms in total. The smallest absolute Gasteiger partial charge is 0.253 e. The third-order valence-electron chi connectivity index (χ3n) is 2.01. The summed E-state index contributed by atoms with van der Waals surface area (Å²) < 4.78 is 0. The molecule has 0 fully saturated rings. The summed E-state index contributed by atoms with van der Waals surface area (Å²) in [5.74, 6) is -0.117. The van der Waals surface area contributed by atoms with Crippen molar-refractivity contribution in [3.63, 3.8) is 0 Å². The largest absolute Gasteiger partial charge is 0.348 e. The van der Waals surface area contributed by atoms with E-state index in [0.29, 0.717) is 12.1 Å².